The minimum atomic E-state index is 0.109. The van der Waals surface area contributed by atoms with Gasteiger partial charge < -0.3 is 4.98 Å². The number of carbonyl (C=O) groups is 1. The fourth-order valence-corrected chi connectivity index (χ4v) is 2.68. The summed E-state index contributed by atoms with van der Waals surface area (Å²) in [4.78, 5) is 17.7. The van der Waals surface area contributed by atoms with Crippen LogP contribution in [-0.2, 0) is 4.79 Å². The summed E-state index contributed by atoms with van der Waals surface area (Å²) in [6, 6.07) is 8.39. The molecule has 0 spiro atoms. The number of benzene rings is 1. The fraction of sp³-hybridized carbons (Fsp3) is 0.304. The van der Waals surface area contributed by atoms with E-state index < -0.39 is 0 Å². The number of aromatic nitrogens is 2. The highest BCUT2D eigenvalue weighted by atomic mass is 79.9. The molecule has 0 saturated carbocycles. The molecule has 3 aromatic rings. The largest absolute Gasteiger partial charge is 0.360 e. The van der Waals surface area contributed by atoms with Crippen molar-refractivity contribution >= 4 is 32.6 Å². The smallest absolute Gasteiger partial charge is 0.157 e. The molecule has 0 aliphatic heterocycles. The lowest BCUT2D eigenvalue weighted by atomic mass is 10.1. The van der Waals surface area contributed by atoms with Gasteiger partial charge in [-0.2, -0.15) is 0 Å². The van der Waals surface area contributed by atoms with Crippen LogP contribution >= 0.6 is 15.9 Å². The molecule has 0 amide bonds. The zero-order chi connectivity index (χ0) is 20.6. The number of ketones is 1. The van der Waals surface area contributed by atoms with Gasteiger partial charge in [-0.25, -0.2) is 0 Å². The minimum Gasteiger partial charge on any atom is -0.360 e. The van der Waals surface area contributed by atoms with Crippen molar-refractivity contribution in [1.29, 1.82) is 0 Å². The number of pyridine rings is 1. The van der Waals surface area contributed by atoms with Crippen molar-refractivity contribution in [2.45, 2.75) is 41.5 Å². The summed E-state index contributed by atoms with van der Waals surface area (Å²) < 4.78 is 1.16. The van der Waals surface area contributed by atoms with Gasteiger partial charge in [0.1, 0.15) is 0 Å². The van der Waals surface area contributed by atoms with Crippen molar-refractivity contribution in [3.05, 3.63) is 76.2 Å². The number of hydrogen-bond acceptors (Lipinski definition) is 2. The second kappa shape index (κ2) is 10.8. The molecule has 27 heavy (non-hydrogen) atoms. The van der Waals surface area contributed by atoms with Gasteiger partial charge in [0.05, 0.1) is 11.7 Å². The van der Waals surface area contributed by atoms with E-state index in [0.29, 0.717) is 0 Å². The molecule has 0 aliphatic rings. The third kappa shape index (κ3) is 7.51. The number of halogens is 1. The molecule has 2 aromatic heterocycles. The monoisotopic (exact) mass is 428 g/mol. The molecule has 4 heteroatoms. The number of allylic oxidation sites excluding steroid dienone is 1. The van der Waals surface area contributed by atoms with E-state index in [0.717, 1.165) is 15.7 Å². The highest BCUT2D eigenvalue weighted by Crippen LogP contribution is 2.16. The Labute approximate surface area is 171 Å². The zero-order valence-corrected chi connectivity index (χ0v) is 18.6. The Morgan fingerprint density at radius 3 is 2.26 bits per heavy atom. The number of aryl methyl sites for hydroxylation is 4. The van der Waals surface area contributed by atoms with Crippen molar-refractivity contribution in [2.75, 3.05) is 0 Å². The molecule has 1 N–H and O–H groups in total. The molecule has 0 bridgehead atoms. The molecule has 0 fully saturated rings. The van der Waals surface area contributed by atoms with Gasteiger partial charge in [-0.05, 0) is 68.7 Å². The summed E-state index contributed by atoms with van der Waals surface area (Å²) in [6.07, 6.45) is 5.23. The van der Waals surface area contributed by atoms with Gasteiger partial charge >= 0.3 is 0 Å². The van der Waals surface area contributed by atoms with Crippen LogP contribution in [0.3, 0.4) is 0 Å². The maximum absolute atomic E-state index is 10.4. The third-order valence-corrected chi connectivity index (χ3v) is 4.64. The van der Waals surface area contributed by atoms with Crippen LogP contribution in [0.25, 0.3) is 10.9 Å². The molecule has 3 rings (SSSR count). The molecule has 0 radical (unpaired) electrons. The zero-order valence-electron chi connectivity index (χ0n) is 17.1. The van der Waals surface area contributed by atoms with Gasteiger partial charge in [0.15, 0.2) is 5.78 Å². The minimum absolute atomic E-state index is 0.109. The van der Waals surface area contributed by atoms with Gasteiger partial charge in [-0.3, -0.25) is 9.78 Å². The Morgan fingerprint density at radius 1 is 1.11 bits per heavy atom. The summed E-state index contributed by atoms with van der Waals surface area (Å²) in [5.74, 6) is 0.220. The van der Waals surface area contributed by atoms with E-state index in [1.54, 1.807) is 0 Å². The Kier molecular flexibility index (Phi) is 9.16. The molecular weight excluding hydrogens is 400 g/mol. The van der Waals surface area contributed by atoms with Crippen LogP contribution in [0.15, 0.2) is 53.8 Å². The summed E-state index contributed by atoms with van der Waals surface area (Å²) in [5, 5.41) is 1.28. The number of aromatic amines is 1. The van der Waals surface area contributed by atoms with Crippen molar-refractivity contribution in [3.63, 3.8) is 0 Å². The molecule has 3 nitrogen and oxygen atoms in total. The van der Waals surface area contributed by atoms with Crippen LogP contribution in [-0.4, -0.2) is 15.8 Å². The first-order valence-corrected chi connectivity index (χ1v) is 9.74. The van der Waals surface area contributed by atoms with E-state index in [4.69, 9.17) is 0 Å². The maximum Gasteiger partial charge on any atom is 0.157 e. The lowest BCUT2D eigenvalue weighted by molar-refractivity contribution is -0.117. The summed E-state index contributed by atoms with van der Waals surface area (Å²) in [6.45, 7) is 15.4. The van der Waals surface area contributed by atoms with E-state index in [-0.39, 0.29) is 11.7 Å². The standard InChI is InChI=1S/C9H10N2.C8H9Br.C6H10O/c1-6-4-11-9-5-10-7(2)3-8(6)9;1-6-3-4-8(9)5-7(6)2;1-4-6(7)5(2)3/h3-5,11H,1-2H3;3-5H,1-2H3;4-5H,1H2,2-3H3. The second-order valence-electron chi connectivity index (χ2n) is 6.83. The SMILES string of the molecule is C=CC(=O)C(C)C.Cc1cc2c(C)c[nH]c2cn1.Cc1ccc(Br)cc1C. The Hall–Kier alpha value is -2.20. The predicted octanol–water partition coefficient (Wildman–Crippen LogP) is 6.64. The quantitative estimate of drug-likeness (QED) is 0.464. The number of rotatable bonds is 2. The molecule has 1 aromatic carbocycles. The first-order valence-electron chi connectivity index (χ1n) is 8.95. The van der Waals surface area contributed by atoms with E-state index in [9.17, 15) is 4.79 Å². The lowest BCUT2D eigenvalue weighted by Crippen LogP contribution is -2.00. The number of nitrogens with zero attached hydrogens (tertiary/aromatic N) is 1. The van der Waals surface area contributed by atoms with Gasteiger partial charge in [0.25, 0.3) is 0 Å². The van der Waals surface area contributed by atoms with Crippen LogP contribution in [0.5, 0.6) is 0 Å². The van der Waals surface area contributed by atoms with Crippen LogP contribution < -0.4 is 0 Å². The van der Waals surface area contributed by atoms with E-state index >= 15 is 0 Å². The third-order valence-electron chi connectivity index (χ3n) is 4.15. The van der Waals surface area contributed by atoms with Crippen molar-refractivity contribution < 1.29 is 4.79 Å². The van der Waals surface area contributed by atoms with Crippen molar-refractivity contribution in [3.8, 4) is 0 Å². The molecule has 2 heterocycles. The fourth-order valence-electron chi connectivity index (χ4n) is 2.21. The van der Waals surface area contributed by atoms with Crippen molar-refractivity contribution in [1.82, 2.24) is 9.97 Å². The lowest BCUT2D eigenvalue weighted by Gasteiger charge is -1.97. The van der Waals surface area contributed by atoms with Crippen LogP contribution in [0, 0.1) is 33.6 Å². The van der Waals surface area contributed by atoms with Crippen molar-refractivity contribution in [2.24, 2.45) is 5.92 Å². The molecular formula is C23H29BrN2O. The van der Waals surface area contributed by atoms with Crippen LogP contribution in [0.2, 0.25) is 0 Å². The Balaban J connectivity index is 0.000000209. The number of fused-ring (bicyclic) bond motifs is 1. The van der Waals surface area contributed by atoms with Gasteiger partial charge in [-0.15, -0.1) is 0 Å². The van der Waals surface area contributed by atoms with Crippen LogP contribution in [0.4, 0.5) is 0 Å². The number of hydrogen-bond donors (Lipinski definition) is 1. The molecule has 0 atom stereocenters. The summed E-state index contributed by atoms with van der Waals surface area (Å²) >= 11 is 3.40. The average Bonchev–Trinajstić information content (AvgIpc) is 2.99. The normalized spacial score (nSPS) is 9.93. The predicted molar refractivity (Wildman–Crippen MR) is 119 cm³/mol. The highest BCUT2D eigenvalue weighted by Gasteiger charge is 1.99. The number of nitrogens with one attached hydrogen (secondary N) is 1. The van der Waals surface area contributed by atoms with E-state index in [2.05, 4.69) is 77.5 Å². The maximum atomic E-state index is 10.4. The van der Waals surface area contributed by atoms with Gasteiger partial charge in [-0.1, -0.05) is 42.4 Å². The van der Waals surface area contributed by atoms with E-state index in [1.807, 2.05) is 33.2 Å². The average molecular weight is 429 g/mol. The molecule has 0 aliphatic carbocycles. The second-order valence-corrected chi connectivity index (χ2v) is 7.75. The number of carbonyl (C=O) groups excluding carboxylic acids is 1. The first-order chi connectivity index (χ1) is 12.6. The first kappa shape index (κ1) is 22.8. The van der Waals surface area contributed by atoms with Gasteiger partial charge in [0.2, 0.25) is 0 Å². The Morgan fingerprint density at radius 2 is 1.78 bits per heavy atom. The molecule has 144 valence electrons. The highest BCUT2D eigenvalue weighted by molar-refractivity contribution is 9.10. The summed E-state index contributed by atoms with van der Waals surface area (Å²) in [7, 11) is 0. The number of H-pyrrole nitrogens is 1. The van der Waals surface area contributed by atoms with Gasteiger partial charge in [0, 0.05) is 27.7 Å². The Bertz CT molecular complexity index is 910. The molecule has 0 saturated heterocycles. The van der Waals surface area contributed by atoms with E-state index in [1.165, 1.54) is 28.2 Å². The van der Waals surface area contributed by atoms with Crippen LogP contribution in [0.1, 0.15) is 36.2 Å². The summed E-state index contributed by atoms with van der Waals surface area (Å²) in [5.41, 5.74) is 6.15. The molecule has 0 unspecified atom stereocenters. The topological polar surface area (TPSA) is 45.8 Å².